The Morgan fingerprint density at radius 2 is 1.82 bits per heavy atom. The highest BCUT2D eigenvalue weighted by Gasteiger charge is 2.29. The fourth-order valence-corrected chi connectivity index (χ4v) is 5.05. The highest BCUT2D eigenvalue weighted by atomic mass is 16.5. The van der Waals surface area contributed by atoms with Crippen LogP contribution >= 0.6 is 0 Å². The topological polar surface area (TPSA) is 174 Å². The minimum absolute atomic E-state index is 0.0108. The zero-order valence-corrected chi connectivity index (χ0v) is 25.8. The summed E-state index contributed by atoms with van der Waals surface area (Å²) >= 11 is 0. The number of amides is 4. The Bertz CT molecular complexity index is 1440. The van der Waals surface area contributed by atoms with E-state index in [1.807, 2.05) is 73.5 Å². The van der Waals surface area contributed by atoms with Gasteiger partial charge in [-0.05, 0) is 29.2 Å². The van der Waals surface area contributed by atoms with Gasteiger partial charge in [0.1, 0.15) is 24.4 Å². The number of ether oxygens (including phenoxy) is 1. The lowest BCUT2D eigenvalue weighted by molar-refractivity contribution is -0.132. The molecule has 4 amide bonds. The fourth-order valence-electron chi connectivity index (χ4n) is 5.05. The normalized spacial score (nSPS) is 19.6. The van der Waals surface area contributed by atoms with E-state index in [-0.39, 0.29) is 43.7 Å². The second-order valence-corrected chi connectivity index (χ2v) is 11.5. The van der Waals surface area contributed by atoms with Gasteiger partial charge in [-0.3, -0.25) is 24.1 Å². The second-order valence-electron chi connectivity index (χ2n) is 11.5. The van der Waals surface area contributed by atoms with Gasteiger partial charge in [0.25, 0.3) is 0 Å². The molecule has 0 saturated heterocycles. The predicted octanol–water partition coefficient (Wildman–Crippen LogP) is 0.228. The number of nitrogens with zero attached hydrogens (tertiary/aromatic N) is 4. The molecule has 13 nitrogen and oxygen atoms in total. The quantitative estimate of drug-likeness (QED) is 0.314. The number of carbonyl (C=O) groups is 4. The maximum atomic E-state index is 13.5. The number of fused-ring (bicyclic) bond motifs is 4. The molecule has 5 N–H and O–H groups in total. The van der Waals surface area contributed by atoms with Crippen LogP contribution < -0.4 is 26.4 Å². The standard InChI is InChI=1S/C32H42N8O5/c1-22(2)30-32(44)35-27(18-23-7-4-3-5-8-23)31(43)34-12-14-39(21-28(33)41)13-11-25-20-40(38-37-25)15-16-45-26-10-6-9-24(17-26)19-29(42)36-30/h3-10,17,20,22,27,30H,11-16,18-19,21H2,1-2H3,(H2,33,41)(H,34,43)(H,35,44)(H,36,42)/t27-,30+/m0/s1. The first kappa shape index (κ1) is 33.1. The number of nitrogens with two attached hydrogens (primary N) is 1. The zero-order chi connectivity index (χ0) is 32.2. The molecule has 1 aliphatic rings. The second kappa shape index (κ2) is 16.3. The summed E-state index contributed by atoms with van der Waals surface area (Å²) in [5, 5.41) is 17.0. The van der Waals surface area contributed by atoms with Crippen molar-refractivity contribution in [3.8, 4) is 5.75 Å². The van der Waals surface area contributed by atoms with Gasteiger partial charge in [0.15, 0.2) is 0 Å². The van der Waals surface area contributed by atoms with Gasteiger partial charge in [0, 0.05) is 38.7 Å². The van der Waals surface area contributed by atoms with Crippen molar-refractivity contribution in [3.63, 3.8) is 0 Å². The van der Waals surface area contributed by atoms with Crippen molar-refractivity contribution in [1.82, 2.24) is 35.8 Å². The van der Waals surface area contributed by atoms with Crippen LogP contribution in [0.1, 0.15) is 30.7 Å². The number of benzene rings is 2. The number of rotatable bonds is 5. The minimum Gasteiger partial charge on any atom is -0.492 e. The summed E-state index contributed by atoms with van der Waals surface area (Å²) in [7, 11) is 0. The molecule has 0 saturated carbocycles. The summed E-state index contributed by atoms with van der Waals surface area (Å²) in [5.74, 6) is -1.27. The molecule has 4 bridgehead atoms. The highest BCUT2D eigenvalue weighted by Crippen LogP contribution is 2.15. The predicted molar refractivity (Wildman–Crippen MR) is 167 cm³/mol. The lowest BCUT2D eigenvalue weighted by Gasteiger charge is -2.26. The summed E-state index contributed by atoms with van der Waals surface area (Å²) in [6.07, 6.45) is 2.65. The Labute approximate surface area is 262 Å². The molecule has 13 heteroatoms. The molecule has 2 aromatic carbocycles. The molecule has 0 unspecified atom stereocenters. The first-order valence-corrected chi connectivity index (χ1v) is 15.2. The third-order valence-electron chi connectivity index (χ3n) is 7.41. The van der Waals surface area contributed by atoms with E-state index in [0.717, 1.165) is 16.8 Å². The fraction of sp³-hybridized carbons (Fsp3) is 0.438. The maximum Gasteiger partial charge on any atom is 0.243 e. The van der Waals surface area contributed by atoms with E-state index in [9.17, 15) is 19.2 Å². The van der Waals surface area contributed by atoms with E-state index < -0.39 is 23.9 Å². The third kappa shape index (κ3) is 10.7. The first-order chi connectivity index (χ1) is 21.7. The van der Waals surface area contributed by atoms with Crippen LogP contribution in [0.3, 0.4) is 0 Å². The van der Waals surface area contributed by atoms with Gasteiger partial charge in [-0.15, -0.1) is 5.10 Å². The van der Waals surface area contributed by atoms with Crippen molar-refractivity contribution in [2.75, 3.05) is 32.8 Å². The van der Waals surface area contributed by atoms with E-state index in [0.29, 0.717) is 38.4 Å². The zero-order valence-electron chi connectivity index (χ0n) is 25.8. The Kier molecular flexibility index (Phi) is 12.0. The van der Waals surface area contributed by atoms with E-state index in [1.54, 1.807) is 10.7 Å². The summed E-state index contributed by atoms with van der Waals surface area (Å²) in [4.78, 5) is 53.6. The maximum absolute atomic E-state index is 13.5. The van der Waals surface area contributed by atoms with E-state index in [1.165, 1.54) is 0 Å². The van der Waals surface area contributed by atoms with Crippen molar-refractivity contribution in [2.45, 2.75) is 51.7 Å². The SMILES string of the molecule is CC(C)[C@H]1NC(=O)Cc2cccc(c2)OCCn2cc(nn2)CCN(CC(N)=O)CCNC(=O)[C@H](Cc2ccccc2)NC1=O. The van der Waals surface area contributed by atoms with Crippen LogP contribution in [0.25, 0.3) is 0 Å². The number of aromatic nitrogens is 3. The summed E-state index contributed by atoms with van der Waals surface area (Å²) in [6, 6.07) is 14.9. The van der Waals surface area contributed by atoms with Crippen molar-refractivity contribution in [2.24, 2.45) is 11.7 Å². The largest absolute Gasteiger partial charge is 0.492 e. The van der Waals surface area contributed by atoms with Gasteiger partial charge in [-0.2, -0.15) is 0 Å². The van der Waals surface area contributed by atoms with E-state index >= 15 is 0 Å². The molecule has 0 fully saturated rings. The Hall–Kier alpha value is -4.78. The van der Waals surface area contributed by atoms with Gasteiger partial charge >= 0.3 is 0 Å². The Balaban J connectivity index is 1.56. The Morgan fingerprint density at radius 1 is 1.02 bits per heavy atom. The van der Waals surface area contributed by atoms with Gasteiger partial charge in [-0.1, -0.05) is 61.5 Å². The Morgan fingerprint density at radius 3 is 2.58 bits per heavy atom. The molecule has 4 rings (SSSR count). The molecule has 1 aromatic heterocycles. The smallest absolute Gasteiger partial charge is 0.243 e. The average molecular weight is 619 g/mol. The molecular weight excluding hydrogens is 576 g/mol. The number of hydrogen-bond donors (Lipinski definition) is 4. The number of hydrogen-bond acceptors (Lipinski definition) is 8. The third-order valence-corrected chi connectivity index (χ3v) is 7.41. The van der Waals surface area contributed by atoms with Crippen LogP contribution in [0.15, 0.2) is 60.8 Å². The summed E-state index contributed by atoms with van der Waals surface area (Å²) in [6.45, 7) is 5.53. The molecular formula is C32H42N8O5. The lowest BCUT2D eigenvalue weighted by atomic mass is 10.0. The van der Waals surface area contributed by atoms with Crippen LogP contribution in [0.2, 0.25) is 0 Å². The molecule has 0 radical (unpaired) electrons. The monoisotopic (exact) mass is 618 g/mol. The number of primary amides is 1. The van der Waals surface area contributed by atoms with Gasteiger partial charge in [0.2, 0.25) is 23.6 Å². The first-order valence-electron chi connectivity index (χ1n) is 15.2. The molecule has 240 valence electrons. The number of nitrogens with one attached hydrogen (secondary N) is 3. The summed E-state index contributed by atoms with van der Waals surface area (Å²) < 4.78 is 7.58. The molecule has 2 heterocycles. The molecule has 2 atom stereocenters. The van der Waals surface area contributed by atoms with E-state index in [2.05, 4.69) is 26.3 Å². The molecule has 45 heavy (non-hydrogen) atoms. The van der Waals surface area contributed by atoms with Crippen molar-refractivity contribution in [3.05, 3.63) is 77.6 Å². The van der Waals surface area contributed by atoms with Gasteiger partial charge in [0.05, 0.1) is 25.2 Å². The molecule has 1 aliphatic heterocycles. The molecule has 0 aliphatic carbocycles. The lowest BCUT2D eigenvalue weighted by Crippen LogP contribution is -2.56. The van der Waals surface area contributed by atoms with Crippen LogP contribution in [0.4, 0.5) is 0 Å². The molecule has 3 aromatic rings. The van der Waals surface area contributed by atoms with Crippen LogP contribution in [-0.4, -0.2) is 88.4 Å². The van der Waals surface area contributed by atoms with Gasteiger partial charge in [-0.25, -0.2) is 4.68 Å². The van der Waals surface area contributed by atoms with Crippen molar-refractivity contribution in [1.29, 1.82) is 0 Å². The summed E-state index contributed by atoms with van der Waals surface area (Å²) in [5.41, 5.74) is 7.83. The molecule has 0 spiro atoms. The number of carbonyl (C=O) groups excluding carboxylic acids is 4. The van der Waals surface area contributed by atoms with Crippen molar-refractivity contribution < 1.29 is 23.9 Å². The highest BCUT2D eigenvalue weighted by molar-refractivity contribution is 5.92. The van der Waals surface area contributed by atoms with Crippen molar-refractivity contribution >= 4 is 23.6 Å². The van der Waals surface area contributed by atoms with E-state index in [4.69, 9.17) is 10.5 Å². The van der Waals surface area contributed by atoms with Gasteiger partial charge < -0.3 is 26.4 Å². The minimum atomic E-state index is -0.895. The van der Waals surface area contributed by atoms with Crippen LogP contribution in [0.5, 0.6) is 5.75 Å². The average Bonchev–Trinajstić information content (AvgIpc) is 3.45. The van der Waals surface area contributed by atoms with Crippen LogP contribution in [0, 0.1) is 5.92 Å². The van der Waals surface area contributed by atoms with Crippen LogP contribution in [-0.2, 0) is 45.0 Å².